The van der Waals surface area contributed by atoms with Gasteiger partial charge in [-0.2, -0.15) is 5.10 Å². The largest absolute Gasteiger partial charge is 0.383 e. The summed E-state index contributed by atoms with van der Waals surface area (Å²) in [7, 11) is 1.64. The summed E-state index contributed by atoms with van der Waals surface area (Å²) in [5.74, 6) is -0.635. The summed E-state index contributed by atoms with van der Waals surface area (Å²) in [5, 5.41) is 3.89. The molecule has 0 saturated carbocycles. The topological polar surface area (TPSA) is 107 Å². The Hall–Kier alpha value is -2.05. The standard InChI is InChI=1S/C10H17N5O2/c1-6(2)15(5-8(11)16)10(17)7-4-13-14(3)9(7)12/h4,6H,5,12H2,1-3H3,(H2,11,16). The Morgan fingerprint density at radius 3 is 2.47 bits per heavy atom. The molecule has 0 radical (unpaired) electrons. The van der Waals surface area contributed by atoms with Crippen LogP contribution < -0.4 is 11.5 Å². The van der Waals surface area contributed by atoms with Crippen LogP contribution in [-0.2, 0) is 11.8 Å². The van der Waals surface area contributed by atoms with Crippen LogP contribution in [0.3, 0.4) is 0 Å². The molecular formula is C10H17N5O2. The fourth-order valence-corrected chi connectivity index (χ4v) is 1.42. The molecule has 1 heterocycles. The first-order valence-corrected chi connectivity index (χ1v) is 5.21. The van der Waals surface area contributed by atoms with Gasteiger partial charge in [-0.25, -0.2) is 0 Å². The first-order chi connectivity index (χ1) is 7.84. The third-order valence-corrected chi connectivity index (χ3v) is 2.43. The summed E-state index contributed by atoms with van der Waals surface area (Å²) in [6.07, 6.45) is 1.38. The fourth-order valence-electron chi connectivity index (χ4n) is 1.42. The summed E-state index contributed by atoms with van der Waals surface area (Å²) in [6.45, 7) is 3.46. The molecule has 0 spiro atoms. The van der Waals surface area contributed by atoms with Gasteiger partial charge in [0.05, 0.1) is 12.7 Å². The molecule has 1 aromatic rings. The van der Waals surface area contributed by atoms with E-state index in [0.717, 1.165) is 0 Å². The number of aryl methyl sites for hydroxylation is 1. The number of rotatable bonds is 4. The zero-order valence-corrected chi connectivity index (χ0v) is 10.2. The summed E-state index contributed by atoms with van der Waals surface area (Å²) >= 11 is 0. The fraction of sp³-hybridized carbons (Fsp3) is 0.500. The second-order valence-corrected chi connectivity index (χ2v) is 4.06. The molecule has 4 N–H and O–H groups in total. The predicted octanol–water partition coefficient (Wildman–Crippen LogP) is -0.662. The molecular weight excluding hydrogens is 222 g/mol. The quantitative estimate of drug-likeness (QED) is 0.727. The molecule has 94 valence electrons. The number of anilines is 1. The number of aromatic nitrogens is 2. The Bertz CT molecular complexity index is 438. The summed E-state index contributed by atoms with van der Waals surface area (Å²) in [4.78, 5) is 24.4. The highest BCUT2D eigenvalue weighted by Gasteiger charge is 2.24. The lowest BCUT2D eigenvalue weighted by atomic mass is 10.2. The van der Waals surface area contributed by atoms with E-state index in [4.69, 9.17) is 11.5 Å². The number of hydrogen-bond donors (Lipinski definition) is 2. The molecule has 17 heavy (non-hydrogen) atoms. The van der Waals surface area contributed by atoms with Crippen molar-refractivity contribution in [2.75, 3.05) is 12.3 Å². The van der Waals surface area contributed by atoms with Gasteiger partial charge in [0.1, 0.15) is 11.4 Å². The van der Waals surface area contributed by atoms with Crippen LogP contribution in [0.4, 0.5) is 5.82 Å². The van der Waals surface area contributed by atoms with Crippen LogP contribution in [0.25, 0.3) is 0 Å². The van der Waals surface area contributed by atoms with E-state index in [1.54, 1.807) is 20.9 Å². The average Bonchev–Trinajstić information content (AvgIpc) is 2.55. The number of carbonyl (C=O) groups excluding carboxylic acids is 2. The Morgan fingerprint density at radius 2 is 2.12 bits per heavy atom. The van der Waals surface area contributed by atoms with Crippen LogP contribution in [-0.4, -0.2) is 39.1 Å². The zero-order valence-electron chi connectivity index (χ0n) is 10.2. The van der Waals surface area contributed by atoms with Gasteiger partial charge in [-0.1, -0.05) is 0 Å². The van der Waals surface area contributed by atoms with Crippen molar-refractivity contribution in [3.63, 3.8) is 0 Å². The minimum absolute atomic E-state index is 0.134. The van der Waals surface area contributed by atoms with Gasteiger partial charge in [-0.05, 0) is 13.8 Å². The maximum absolute atomic E-state index is 12.1. The van der Waals surface area contributed by atoms with Gasteiger partial charge in [-0.15, -0.1) is 0 Å². The Balaban J connectivity index is 3.00. The van der Waals surface area contributed by atoms with E-state index >= 15 is 0 Å². The van der Waals surface area contributed by atoms with Crippen molar-refractivity contribution in [3.8, 4) is 0 Å². The molecule has 1 aromatic heterocycles. The van der Waals surface area contributed by atoms with E-state index in [1.807, 2.05) is 0 Å². The molecule has 0 fully saturated rings. The molecule has 1 rings (SSSR count). The van der Waals surface area contributed by atoms with Crippen LogP contribution >= 0.6 is 0 Å². The second kappa shape index (κ2) is 4.86. The molecule has 0 aliphatic heterocycles. The molecule has 0 aliphatic carbocycles. The smallest absolute Gasteiger partial charge is 0.259 e. The van der Waals surface area contributed by atoms with Gasteiger partial charge in [0.15, 0.2) is 0 Å². The lowest BCUT2D eigenvalue weighted by Gasteiger charge is -2.24. The molecule has 0 aromatic carbocycles. The number of carbonyl (C=O) groups is 2. The molecule has 0 bridgehead atoms. The van der Waals surface area contributed by atoms with Gasteiger partial charge >= 0.3 is 0 Å². The number of nitrogen functional groups attached to an aromatic ring is 1. The molecule has 0 aliphatic rings. The monoisotopic (exact) mass is 239 g/mol. The lowest BCUT2D eigenvalue weighted by molar-refractivity contribution is -0.119. The lowest BCUT2D eigenvalue weighted by Crippen LogP contribution is -2.42. The number of amides is 2. The predicted molar refractivity (Wildman–Crippen MR) is 63.0 cm³/mol. The SMILES string of the molecule is CC(C)N(CC(N)=O)C(=O)c1cnn(C)c1N. The van der Waals surface area contributed by atoms with E-state index in [-0.39, 0.29) is 29.9 Å². The summed E-state index contributed by atoms with van der Waals surface area (Å²) < 4.78 is 1.40. The van der Waals surface area contributed by atoms with Gasteiger partial charge in [0.25, 0.3) is 5.91 Å². The first-order valence-electron chi connectivity index (χ1n) is 5.21. The number of nitrogens with zero attached hydrogens (tertiary/aromatic N) is 3. The van der Waals surface area contributed by atoms with Crippen LogP contribution in [0.1, 0.15) is 24.2 Å². The number of primary amides is 1. The molecule has 7 nitrogen and oxygen atoms in total. The third-order valence-electron chi connectivity index (χ3n) is 2.43. The van der Waals surface area contributed by atoms with Crippen LogP contribution in [0, 0.1) is 0 Å². The molecule has 0 atom stereocenters. The molecule has 7 heteroatoms. The number of nitrogens with two attached hydrogens (primary N) is 2. The van der Waals surface area contributed by atoms with Crippen LogP contribution in [0.2, 0.25) is 0 Å². The summed E-state index contributed by atoms with van der Waals surface area (Å²) in [5.41, 5.74) is 11.1. The van der Waals surface area contributed by atoms with E-state index < -0.39 is 5.91 Å². The van der Waals surface area contributed by atoms with Crippen LogP contribution in [0.5, 0.6) is 0 Å². The minimum atomic E-state index is -0.561. The first kappa shape index (κ1) is 13.0. The number of hydrogen-bond acceptors (Lipinski definition) is 4. The Morgan fingerprint density at radius 1 is 1.53 bits per heavy atom. The van der Waals surface area contributed by atoms with Crippen molar-refractivity contribution >= 4 is 17.6 Å². The van der Waals surface area contributed by atoms with Gasteiger partial charge in [0.2, 0.25) is 5.91 Å². The van der Waals surface area contributed by atoms with E-state index in [0.29, 0.717) is 0 Å². The van der Waals surface area contributed by atoms with E-state index in [1.165, 1.54) is 15.8 Å². The normalized spacial score (nSPS) is 10.6. The van der Waals surface area contributed by atoms with Crippen LogP contribution in [0.15, 0.2) is 6.20 Å². The molecule has 0 unspecified atom stereocenters. The molecule has 0 saturated heterocycles. The maximum Gasteiger partial charge on any atom is 0.259 e. The second-order valence-electron chi connectivity index (χ2n) is 4.06. The van der Waals surface area contributed by atoms with E-state index in [2.05, 4.69) is 5.10 Å². The molecule has 2 amide bonds. The van der Waals surface area contributed by atoms with Crippen molar-refractivity contribution in [2.45, 2.75) is 19.9 Å². The average molecular weight is 239 g/mol. The van der Waals surface area contributed by atoms with Gasteiger partial charge in [0, 0.05) is 13.1 Å². The highest BCUT2D eigenvalue weighted by atomic mass is 16.2. The van der Waals surface area contributed by atoms with Gasteiger partial charge in [-0.3, -0.25) is 14.3 Å². The minimum Gasteiger partial charge on any atom is -0.383 e. The zero-order chi connectivity index (χ0) is 13.2. The van der Waals surface area contributed by atoms with Crippen molar-refractivity contribution in [1.82, 2.24) is 14.7 Å². The van der Waals surface area contributed by atoms with Gasteiger partial charge < -0.3 is 16.4 Å². The van der Waals surface area contributed by atoms with Crippen molar-refractivity contribution < 1.29 is 9.59 Å². The Labute approximate surface area is 99.4 Å². The maximum atomic E-state index is 12.1. The Kier molecular flexibility index (Phi) is 3.72. The third kappa shape index (κ3) is 2.74. The van der Waals surface area contributed by atoms with Crippen molar-refractivity contribution in [2.24, 2.45) is 12.8 Å². The highest BCUT2D eigenvalue weighted by Crippen LogP contribution is 2.14. The highest BCUT2D eigenvalue weighted by molar-refractivity contribution is 6.00. The summed E-state index contributed by atoms with van der Waals surface area (Å²) in [6, 6.07) is -0.144. The van der Waals surface area contributed by atoms with Crippen molar-refractivity contribution in [1.29, 1.82) is 0 Å². The van der Waals surface area contributed by atoms with E-state index in [9.17, 15) is 9.59 Å². The van der Waals surface area contributed by atoms with Crippen molar-refractivity contribution in [3.05, 3.63) is 11.8 Å².